The number of amides is 1. The smallest absolute Gasteiger partial charge is 0.408 e. The highest BCUT2D eigenvalue weighted by atomic mass is 16.7. The van der Waals surface area contributed by atoms with Crippen molar-refractivity contribution >= 4 is 58.3 Å². The molecule has 4 rings (SSSR count). The van der Waals surface area contributed by atoms with Crippen molar-refractivity contribution in [2.75, 3.05) is 18.7 Å². The largest absolute Gasteiger partial charge is 0.461 e. The summed E-state index contributed by atoms with van der Waals surface area (Å²) in [5.74, 6) is -2.75. The van der Waals surface area contributed by atoms with Crippen LogP contribution in [0.1, 0.15) is 85.9 Å². The normalized spacial score (nSPS) is 20.4. The average molecular weight is 716 g/mol. The first-order chi connectivity index (χ1) is 23.9. The molecule has 1 amide bonds. The van der Waals surface area contributed by atoms with Gasteiger partial charge in [-0.15, -0.1) is 0 Å². The molecule has 2 aromatic rings. The molecule has 0 saturated carbocycles. The van der Waals surface area contributed by atoms with Gasteiger partial charge in [0.05, 0.1) is 18.2 Å². The maximum Gasteiger partial charge on any atom is 0.408 e. The second kappa shape index (κ2) is 15.8. The number of alkyl carbamates (subject to hydrolysis) is 1. The zero-order valence-corrected chi connectivity index (χ0v) is 30.0. The highest BCUT2D eigenvalue weighted by molar-refractivity contribution is 6.13. The summed E-state index contributed by atoms with van der Waals surface area (Å²) in [5.41, 5.74) is 6.21. The molecular weight excluding hydrogens is 670 g/mol. The Labute approximate surface area is 294 Å². The zero-order valence-electron chi connectivity index (χ0n) is 30.0. The first-order valence-electron chi connectivity index (χ1n) is 16.5. The van der Waals surface area contributed by atoms with Crippen LogP contribution in [0.2, 0.25) is 0 Å². The van der Waals surface area contributed by atoms with Gasteiger partial charge in [-0.1, -0.05) is 13.8 Å². The lowest BCUT2D eigenvalue weighted by molar-refractivity contribution is -0.169. The predicted octanol–water partition coefficient (Wildman–Crippen LogP) is 2.05. The van der Waals surface area contributed by atoms with Crippen LogP contribution in [-0.2, 0) is 47.7 Å². The van der Waals surface area contributed by atoms with E-state index < -0.39 is 72.7 Å². The second-order valence-electron chi connectivity index (χ2n) is 13.7. The Hall–Kier alpha value is -5.13. The van der Waals surface area contributed by atoms with Crippen molar-refractivity contribution in [3.63, 3.8) is 0 Å². The Kier molecular flexibility index (Phi) is 12.0. The number of hydrazone groups is 1. The highest BCUT2D eigenvalue weighted by Crippen LogP contribution is 2.40. The van der Waals surface area contributed by atoms with E-state index in [9.17, 15) is 28.8 Å². The Morgan fingerprint density at radius 1 is 0.961 bits per heavy atom. The lowest BCUT2D eigenvalue weighted by Gasteiger charge is -2.26. The van der Waals surface area contributed by atoms with Gasteiger partial charge in [0.15, 0.2) is 30.1 Å². The van der Waals surface area contributed by atoms with Gasteiger partial charge >= 0.3 is 24.0 Å². The molecule has 1 saturated heterocycles. The van der Waals surface area contributed by atoms with Crippen LogP contribution in [0.5, 0.6) is 0 Å². The highest BCUT2D eigenvalue weighted by Gasteiger charge is 2.52. The van der Waals surface area contributed by atoms with Crippen LogP contribution < -0.4 is 16.1 Å². The van der Waals surface area contributed by atoms with Crippen molar-refractivity contribution in [3.8, 4) is 0 Å². The molecule has 0 bridgehead atoms. The maximum absolute atomic E-state index is 13.4. The number of nitrogens with zero attached hydrogens (tertiary/aromatic N) is 5. The lowest BCUT2D eigenvalue weighted by atomic mass is 10.0. The van der Waals surface area contributed by atoms with Crippen LogP contribution in [0.3, 0.4) is 0 Å². The van der Waals surface area contributed by atoms with Crippen LogP contribution >= 0.6 is 0 Å². The number of carbonyl (C=O) groups is 6. The van der Waals surface area contributed by atoms with Gasteiger partial charge in [0.2, 0.25) is 0 Å². The number of nitrogens with two attached hydrogens (primary N) is 1. The van der Waals surface area contributed by atoms with E-state index in [1.54, 1.807) is 47.9 Å². The van der Waals surface area contributed by atoms with Crippen molar-refractivity contribution < 1.29 is 52.5 Å². The third kappa shape index (κ3) is 9.56. The topological polar surface area (TPSA) is 233 Å². The molecule has 1 fully saturated rings. The van der Waals surface area contributed by atoms with E-state index in [2.05, 4.69) is 20.4 Å². The number of ether oxygens (including phenoxy) is 5. The summed E-state index contributed by atoms with van der Waals surface area (Å²) in [6.07, 6.45) is -3.92. The summed E-state index contributed by atoms with van der Waals surface area (Å²) >= 11 is 0. The maximum atomic E-state index is 13.4. The van der Waals surface area contributed by atoms with Gasteiger partial charge in [-0.3, -0.25) is 9.59 Å². The Bertz CT molecular complexity index is 1710. The van der Waals surface area contributed by atoms with Gasteiger partial charge in [0.25, 0.3) is 0 Å². The number of hydrogen-bond donors (Lipinski definition) is 2. The third-order valence-electron chi connectivity index (χ3n) is 7.87. The minimum atomic E-state index is -1.37. The van der Waals surface area contributed by atoms with Gasteiger partial charge < -0.3 is 48.9 Å². The van der Waals surface area contributed by atoms with E-state index in [-0.39, 0.29) is 43.1 Å². The standard InChI is InChI=1S/C33H45N7O11/c1-16(2)24(37-32(46)51-33(5,6)7)31(45)47-14-20-25(49-21(43)11-9-17(3)41)26(50-22(44)12-10-18(4)42)30(48-20)40-13-19-23-28(35-15-36-29(23)40)39(8)38-27(19)34/h13,15-16,20,24-26,30H,9-12,14H2,1-8H3,(H2,34,38)(H,37,46)/t20-,24?,25?,26?,30-/m1/s1. The number of rotatable bonds is 14. The Morgan fingerprint density at radius 2 is 1.57 bits per heavy atom. The van der Waals surface area contributed by atoms with Crippen molar-refractivity contribution in [2.45, 2.75) is 110 Å². The van der Waals surface area contributed by atoms with Crippen LogP contribution in [0.25, 0.3) is 11.0 Å². The number of hydrogen-bond acceptors (Lipinski definition) is 16. The molecule has 4 heterocycles. The first-order valence-corrected chi connectivity index (χ1v) is 16.5. The summed E-state index contributed by atoms with van der Waals surface area (Å²) in [6.45, 7) is 10.6. The first kappa shape index (κ1) is 38.7. The number of amidine groups is 1. The molecule has 0 aromatic carbocycles. The number of nitrogens with one attached hydrogen (secondary N) is 1. The SMILES string of the molecule is CC(=O)CCC(=O)OC1C(OC(=O)CCC(C)=O)[C@@H](COC(=O)C(NC(=O)OC(C)(C)C)C(C)C)O[C@H]1n1cc2c3c(ncnc31)N(C)N=C2N. The van der Waals surface area contributed by atoms with E-state index in [1.165, 1.54) is 29.8 Å². The van der Waals surface area contributed by atoms with Gasteiger partial charge in [-0.2, -0.15) is 5.10 Å². The van der Waals surface area contributed by atoms with Crippen LogP contribution in [0, 0.1) is 5.92 Å². The van der Waals surface area contributed by atoms with Crippen molar-refractivity contribution in [3.05, 3.63) is 18.1 Å². The molecule has 3 N–H and O–H groups in total. The fourth-order valence-corrected chi connectivity index (χ4v) is 5.46. The Morgan fingerprint density at radius 3 is 2.14 bits per heavy atom. The fraction of sp³-hybridized carbons (Fsp3) is 0.606. The number of aromatic nitrogens is 3. The molecule has 5 atom stereocenters. The molecule has 2 aliphatic rings. The summed E-state index contributed by atoms with van der Waals surface area (Å²) in [7, 11) is 1.66. The molecule has 0 radical (unpaired) electrons. The summed E-state index contributed by atoms with van der Waals surface area (Å²) in [4.78, 5) is 84.1. The number of ketones is 2. The van der Waals surface area contributed by atoms with Crippen LogP contribution in [-0.4, -0.2) is 99.5 Å². The molecule has 278 valence electrons. The average Bonchev–Trinajstić information content (AvgIpc) is 3.57. The molecule has 2 aromatic heterocycles. The number of carbonyl (C=O) groups excluding carboxylic acids is 6. The molecular formula is C33H45N7O11. The molecule has 51 heavy (non-hydrogen) atoms. The number of Topliss-reactive ketones (excluding diaryl/α,β-unsaturated/α-hetero) is 2. The molecule has 0 spiro atoms. The van der Waals surface area contributed by atoms with Crippen molar-refractivity contribution in [2.24, 2.45) is 16.8 Å². The fourth-order valence-electron chi connectivity index (χ4n) is 5.46. The summed E-state index contributed by atoms with van der Waals surface area (Å²) < 4.78 is 30.5. The number of anilines is 1. The molecule has 2 aliphatic heterocycles. The van der Waals surface area contributed by atoms with Crippen LogP contribution in [0.4, 0.5) is 10.6 Å². The Balaban J connectivity index is 1.71. The molecule has 3 unspecified atom stereocenters. The predicted molar refractivity (Wildman–Crippen MR) is 179 cm³/mol. The lowest BCUT2D eigenvalue weighted by Crippen LogP contribution is -2.48. The van der Waals surface area contributed by atoms with E-state index in [0.29, 0.717) is 22.4 Å². The summed E-state index contributed by atoms with van der Waals surface area (Å²) in [5, 5.41) is 8.82. The van der Waals surface area contributed by atoms with E-state index in [1.807, 2.05) is 0 Å². The zero-order chi connectivity index (χ0) is 37.8. The summed E-state index contributed by atoms with van der Waals surface area (Å²) in [6, 6.07) is -1.12. The molecule has 0 aliphatic carbocycles. The van der Waals surface area contributed by atoms with E-state index in [4.69, 9.17) is 29.4 Å². The minimum absolute atomic E-state index is 0.102. The third-order valence-corrected chi connectivity index (χ3v) is 7.87. The number of esters is 3. The molecule has 18 heteroatoms. The van der Waals surface area contributed by atoms with Gasteiger partial charge in [0.1, 0.15) is 47.9 Å². The minimum Gasteiger partial charge on any atom is -0.461 e. The van der Waals surface area contributed by atoms with Gasteiger partial charge in [-0.05, 0) is 40.5 Å². The second-order valence-corrected chi connectivity index (χ2v) is 13.7. The van der Waals surface area contributed by atoms with Crippen molar-refractivity contribution in [1.29, 1.82) is 0 Å². The monoisotopic (exact) mass is 715 g/mol. The van der Waals surface area contributed by atoms with Gasteiger partial charge in [-0.25, -0.2) is 24.6 Å². The van der Waals surface area contributed by atoms with E-state index >= 15 is 0 Å². The quantitative estimate of drug-likeness (QED) is 0.210. The van der Waals surface area contributed by atoms with Crippen molar-refractivity contribution in [1.82, 2.24) is 19.9 Å². The van der Waals surface area contributed by atoms with Crippen LogP contribution in [0.15, 0.2) is 17.6 Å². The van der Waals surface area contributed by atoms with E-state index in [0.717, 1.165) is 0 Å². The van der Waals surface area contributed by atoms with Gasteiger partial charge in [0, 0.05) is 31.6 Å². The molecule has 18 nitrogen and oxygen atoms in total.